The number of benzene rings is 1. The van der Waals surface area contributed by atoms with E-state index in [1.54, 1.807) is 26.8 Å². The number of hydrogen-bond donors (Lipinski definition) is 1. The number of pyridine rings is 1. The van der Waals surface area contributed by atoms with E-state index in [0.29, 0.717) is 5.56 Å². The molecule has 0 aliphatic carbocycles. The Balaban J connectivity index is 1.77. The summed E-state index contributed by atoms with van der Waals surface area (Å²) < 4.78 is 24.3. The molecular weight excluding hydrogens is 403 g/mol. The molecular formula is C23H27FN2O5. The van der Waals surface area contributed by atoms with Crippen LogP contribution in [0.15, 0.2) is 48.7 Å². The third kappa shape index (κ3) is 6.01. The van der Waals surface area contributed by atoms with Crippen molar-refractivity contribution in [2.75, 3.05) is 0 Å². The van der Waals surface area contributed by atoms with Crippen molar-refractivity contribution in [2.45, 2.75) is 58.1 Å². The summed E-state index contributed by atoms with van der Waals surface area (Å²) in [5.74, 6) is -1.76. The second kappa shape index (κ2) is 9.43. The van der Waals surface area contributed by atoms with Crippen LogP contribution in [0.5, 0.6) is 0 Å². The molecule has 2 heterocycles. The van der Waals surface area contributed by atoms with E-state index in [1.807, 2.05) is 30.3 Å². The molecule has 0 spiro atoms. The molecule has 31 heavy (non-hydrogen) atoms. The minimum absolute atomic E-state index is 0.0503. The first kappa shape index (κ1) is 22.7. The lowest BCUT2D eigenvalue weighted by molar-refractivity contribution is -0.152. The first-order chi connectivity index (χ1) is 14.6. The molecule has 1 amide bonds. The van der Waals surface area contributed by atoms with Crippen molar-refractivity contribution < 1.29 is 28.6 Å². The zero-order chi connectivity index (χ0) is 22.6. The van der Waals surface area contributed by atoms with E-state index < -0.39 is 41.8 Å². The van der Waals surface area contributed by atoms with Gasteiger partial charge in [-0.05, 0) is 56.9 Å². The standard InChI is InChI=1S/C23H27FN2O5/c1-23(2,3)31-22(29)26-18(21(28)30-14-15-7-5-4-6-8-15)13-17(20(26)27)11-16-9-10-25-19(24)12-16/h4-10,12,17-18,20,27H,11,13-14H2,1-3H3/t17-,18+,20?/m0/s1. The number of aromatic nitrogens is 1. The highest BCUT2D eigenvalue weighted by atomic mass is 19.1. The second-order valence-electron chi connectivity index (χ2n) is 8.60. The third-order valence-corrected chi connectivity index (χ3v) is 4.96. The first-order valence-electron chi connectivity index (χ1n) is 10.1. The molecule has 3 rings (SSSR count). The number of halogens is 1. The normalized spacial score (nSPS) is 21.1. The lowest BCUT2D eigenvalue weighted by atomic mass is 9.96. The lowest BCUT2D eigenvalue weighted by Gasteiger charge is -2.30. The molecule has 7 nitrogen and oxygen atoms in total. The maximum atomic E-state index is 13.5. The van der Waals surface area contributed by atoms with Gasteiger partial charge in [0.1, 0.15) is 24.5 Å². The minimum Gasteiger partial charge on any atom is -0.459 e. The molecule has 1 aromatic heterocycles. The van der Waals surface area contributed by atoms with Gasteiger partial charge in [0, 0.05) is 12.1 Å². The molecule has 1 aliphatic rings. The predicted molar refractivity (Wildman–Crippen MR) is 110 cm³/mol. The summed E-state index contributed by atoms with van der Waals surface area (Å²) in [5.41, 5.74) is 0.614. The SMILES string of the molecule is CC(C)(C)OC(=O)N1C(O)[C@@H](Cc2ccnc(F)c2)C[C@@H]1C(=O)OCc1ccccc1. The van der Waals surface area contributed by atoms with Gasteiger partial charge in [-0.2, -0.15) is 4.39 Å². The molecule has 3 atom stereocenters. The van der Waals surface area contributed by atoms with Gasteiger partial charge in [-0.3, -0.25) is 4.90 Å². The molecule has 8 heteroatoms. The number of carbonyl (C=O) groups excluding carboxylic acids is 2. The number of esters is 1. The molecule has 1 aliphatic heterocycles. The van der Waals surface area contributed by atoms with Crippen LogP contribution in [0.4, 0.5) is 9.18 Å². The van der Waals surface area contributed by atoms with E-state index in [1.165, 1.54) is 12.3 Å². The van der Waals surface area contributed by atoms with Crippen molar-refractivity contribution in [3.05, 3.63) is 65.7 Å². The van der Waals surface area contributed by atoms with Gasteiger partial charge in [0.25, 0.3) is 0 Å². The second-order valence-corrected chi connectivity index (χ2v) is 8.60. The molecule has 1 saturated heterocycles. The summed E-state index contributed by atoms with van der Waals surface area (Å²) >= 11 is 0. The third-order valence-electron chi connectivity index (χ3n) is 4.96. The quantitative estimate of drug-likeness (QED) is 0.577. The fraction of sp³-hybridized carbons (Fsp3) is 0.435. The largest absolute Gasteiger partial charge is 0.459 e. The number of ether oxygens (including phenoxy) is 2. The fourth-order valence-electron chi connectivity index (χ4n) is 3.58. The fourth-order valence-corrected chi connectivity index (χ4v) is 3.58. The van der Waals surface area contributed by atoms with Crippen LogP contribution in [0.25, 0.3) is 0 Å². The van der Waals surface area contributed by atoms with Crippen LogP contribution in [0.3, 0.4) is 0 Å². The van der Waals surface area contributed by atoms with Gasteiger partial charge in [0.15, 0.2) is 0 Å². The van der Waals surface area contributed by atoms with Crippen molar-refractivity contribution in [1.29, 1.82) is 0 Å². The predicted octanol–water partition coefficient (Wildman–Crippen LogP) is 3.45. The minimum atomic E-state index is -1.28. The number of hydrogen-bond acceptors (Lipinski definition) is 6. The summed E-state index contributed by atoms with van der Waals surface area (Å²) in [7, 11) is 0. The van der Waals surface area contributed by atoms with Crippen molar-refractivity contribution in [3.63, 3.8) is 0 Å². The number of amides is 1. The Morgan fingerprint density at radius 3 is 2.55 bits per heavy atom. The van der Waals surface area contributed by atoms with Crippen molar-refractivity contribution >= 4 is 12.1 Å². The summed E-state index contributed by atoms with van der Waals surface area (Å²) in [6.45, 7) is 5.16. The molecule has 0 saturated carbocycles. The van der Waals surface area contributed by atoms with E-state index in [-0.39, 0.29) is 19.4 Å². The molecule has 166 valence electrons. The average molecular weight is 430 g/mol. The van der Waals surface area contributed by atoms with Crippen molar-refractivity contribution in [2.24, 2.45) is 5.92 Å². The molecule has 1 aromatic carbocycles. The number of nitrogens with zero attached hydrogens (tertiary/aromatic N) is 2. The van der Waals surface area contributed by atoms with E-state index >= 15 is 0 Å². The molecule has 0 radical (unpaired) electrons. The van der Waals surface area contributed by atoms with Gasteiger partial charge in [0.05, 0.1) is 0 Å². The van der Waals surface area contributed by atoms with Crippen molar-refractivity contribution in [1.82, 2.24) is 9.88 Å². The van der Waals surface area contributed by atoms with Gasteiger partial charge in [-0.25, -0.2) is 14.6 Å². The smallest absolute Gasteiger partial charge is 0.413 e. The highest BCUT2D eigenvalue weighted by Gasteiger charge is 2.48. The zero-order valence-corrected chi connectivity index (χ0v) is 17.8. The molecule has 0 bridgehead atoms. The van der Waals surface area contributed by atoms with Gasteiger partial charge >= 0.3 is 12.1 Å². The molecule has 1 N–H and O–H groups in total. The lowest BCUT2D eigenvalue weighted by Crippen LogP contribution is -2.48. The number of carbonyl (C=O) groups is 2. The number of aliphatic hydroxyl groups excluding tert-OH is 1. The molecule has 1 fully saturated rings. The number of rotatable bonds is 5. The Bertz CT molecular complexity index is 916. The van der Waals surface area contributed by atoms with E-state index in [2.05, 4.69) is 4.98 Å². The van der Waals surface area contributed by atoms with E-state index in [0.717, 1.165) is 10.5 Å². The van der Waals surface area contributed by atoms with E-state index in [9.17, 15) is 19.1 Å². The topological polar surface area (TPSA) is 89.0 Å². The van der Waals surface area contributed by atoms with Crippen LogP contribution in [-0.2, 0) is 27.3 Å². The summed E-state index contributed by atoms with van der Waals surface area (Å²) in [6.07, 6.45) is -0.311. The van der Waals surface area contributed by atoms with Crippen LogP contribution in [-0.4, -0.2) is 44.9 Å². The van der Waals surface area contributed by atoms with Crippen LogP contribution < -0.4 is 0 Å². The van der Waals surface area contributed by atoms with Gasteiger partial charge in [-0.15, -0.1) is 0 Å². The Labute approximate surface area is 180 Å². The summed E-state index contributed by atoms with van der Waals surface area (Å²) in [4.78, 5) is 30.2. The Hall–Kier alpha value is -3.00. The highest BCUT2D eigenvalue weighted by molar-refractivity contribution is 5.82. The first-order valence-corrected chi connectivity index (χ1v) is 10.1. The number of aliphatic hydroxyl groups is 1. The van der Waals surface area contributed by atoms with Gasteiger partial charge < -0.3 is 14.6 Å². The van der Waals surface area contributed by atoms with Crippen LogP contribution in [0, 0.1) is 11.9 Å². The maximum absolute atomic E-state index is 13.5. The average Bonchev–Trinajstić information content (AvgIpc) is 3.02. The molecule has 2 aromatic rings. The monoisotopic (exact) mass is 430 g/mol. The Morgan fingerprint density at radius 2 is 1.90 bits per heavy atom. The van der Waals surface area contributed by atoms with Crippen molar-refractivity contribution in [3.8, 4) is 0 Å². The summed E-state index contributed by atoms with van der Waals surface area (Å²) in [5, 5.41) is 10.9. The zero-order valence-electron chi connectivity index (χ0n) is 17.8. The van der Waals surface area contributed by atoms with Crippen LogP contribution in [0.2, 0.25) is 0 Å². The van der Waals surface area contributed by atoms with Crippen LogP contribution >= 0.6 is 0 Å². The van der Waals surface area contributed by atoms with Crippen LogP contribution in [0.1, 0.15) is 38.3 Å². The van der Waals surface area contributed by atoms with Gasteiger partial charge in [-0.1, -0.05) is 30.3 Å². The van der Waals surface area contributed by atoms with Gasteiger partial charge in [0.2, 0.25) is 5.95 Å². The summed E-state index contributed by atoms with van der Waals surface area (Å²) in [6, 6.07) is 11.1. The Kier molecular flexibility index (Phi) is 6.90. The number of likely N-dealkylation sites (tertiary alicyclic amines) is 1. The highest BCUT2D eigenvalue weighted by Crippen LogP contribution is 2.33. The molecule has 1 unspecified atom stereocenters. The van der Waals surface area contributed by atoms with E-state index in [4.69, 9.17) is 9.47 Å². The maximum Gasteiger partial charge on any atom is 0.413 e. The Morgan fingerprint density at radius 1 is 1.19 bits per heavy atom.